The van der Waals surface area contributed by atoms with Crippen LogP contribution in [-0.4, -0.2) is 20.3 Å². The Labute approximate surface area is 124 Å². The predicted octanol–water partition coefficient (Wildman–Crippen LogP) is 2.90. The van der Waals surface area contributed by atoms with Crippen LogP contribution in [0.1, 0.15) is 38.1 Å². The second-order valence-electron chi connectivity index (χ2n) is 5.85. The zero-order valence-electron chi connectivity index (χ0n) is 12.7. The molecule has 1 N–H and O–H groups in total. The van der Waals surface area contributed by atoms with Gasteiger partial charge in [0.25, 0.3) is 0 Å². The molecular weight excluding hydrogens is 272 g/mol. The molecule has 0 unspecified atom stereocenters. The van der Waals surface area contributed by atoms with Crippen LogP contribution in [0, 0.1) is 6.92 Å². The first kappa shape index (κ1) is 15.1. The Morgan fingerprint density at radius 1 is 1.25 bits per heavy atom. The molecule has 0 spiro atoms. The maximum atomic E-state index is 5.81. The summed E-state index contributed by atoms with van der Waals surface area (Å²) in [5.41, 5.74) is 0.0951. The van der Waals surface area contributed by atoms with Crippen LogP contribution in [0.3, 0.4) is 0 Å². The minimum atomic E-state index is 0.0951. The first-order valence-corrected chi connectivity index (χ1v) is 7.65. The topological polar surface area (TPSA) is 55.9 Å². The van der Waals surface area contributed by atoms with E-state index >= 15 is 0 Å². The third kappa shape index (κ3) is 4.11. The van der Waals surface area contributed by atoms with E-state index in [0.717, 1.165) is 34.8 Å². The van der Waals surface area contributed by atoms with Gasteiger partial charge < -0.3 is 14.3 Å². The standard InChI is InChI=1S/C14H22N4OS/c1-10-16-17-13(18(10)5)20-9-12-7-6-11(19-12)8-15-14(2,3)4/h6-7,15H,8-9H2,1-5H3. The van der Waals surface area contributed by atoms with Gasteiger partial charge in [-0.1, -0.05) is 11.8 Å². The summed E-state index contributed by atoms with van der Waals surface area (Å²) < 4.78 is 7.79. The molecule has 2 aromatic rings. The molecule has 0 radical (unpaired) electrons. The Hall–Kier alpha value is -1.27. The van der Waals surface area contributed by atoms with Crippen LogP contribution in [0.5, 0.6) is 0 Å². The summed E-state index contributed by atoms with van der Waals surface area (Å²) in [6.45, 7) is 9.12. The molecule has 110 valence electrons. The molecule has 0 aliphatic rings. The van der Waals surface area contributed by atoms with Gasteiger partial charge in [-0.05, 0) is 39.8 Å². The molecule has 0 atom stereocenters. The van der Waals surface area contributed by atoms with Gasteiger partial charge in [-0.25, -0.2) is 0 Å². The molecule has 0 aromatic carbocycles. The lowest BCUT2D eigenvalue weighted by Gasteiger charge is -2.19. The van der Waals surface area contributed by atoms with Crippen molar-refractivity contribution in [1.29, 1.82) is 0 Å². The average molecular weight is 294 g/mol. The van der Waals surface area contributed by atoms with E-state index < -0.39 is 0 Å². The number of nitrogens with one attached hydrogen (secondary N) is 1. The summed E-state index contributed by atoms with van der Waals surface area (Å²) in [7, 11) is 1.97. The third-order valence-electron chi connectivity index (χ3n) is 2.91. The first-order valence-electron chi connectivity index (χ1n) is 6.66. The maximum Gasteiger partial charge on any atom is 0.191 e. The lowest BCUT2D eigenvalue weighted by Crippen LogP contribution is -2.34. The van der Waals surface area contributed by atoms with Crippen molar-refractivity contribution in [2.24, 2.45) is 7.05 Å². The summed E-state index contributed by atoms with van der Waals surface area (Å²) in [6, 6.07) is 4.05. The van der Waals surface area contributed by atoms with Crippen LogP contribution in [0.25, 0.3) is 0 Å². The number of thioether (sulfide) groups is 1. The highest BCUT2D eigenvalue weighted by molar-refractivity contribution is 7.98. The fraction of sp³-hybridized carbons (Fsp3) is 0.571. The summed E-state index contributed by atoms with van der Waals surface area (Å²) in [4.78, 5) is 0. The predicted molar refractivity (Wildman–Crippen MR) is 80.6 cm³/mol. The van der Waals surface area contributed by atoms with Gasteiger partial charge in [0.15, 0.2) is 5.16 Å². The summed E-state index contributed by atoms with van der Waals surface area (Å²) >= 11 is 1.63. The van der Waals surface area contributed by atoms with Gasteiger partial charge in [-0.15, -0.1) is 10.2 Å². The van der Waals surface area contributed by atoms with Gasteiger partial charge in [-0.2, -0.15) is 0 Å². The van der Waals surface area contributed by atoms with Crippen LogP contribution in [0.4, 0.5) is 0 Å². The summed E-state index contributed by atoms with van der Waals surface area (Å²) in [6.07, 6.45) is 0. The van der Waals surface area contributed by atoms with Crippen molar-refractivity contribution < 1.29 is 4.42 Å². The number of aryl methyl sites for hydroxylation is 1. The Morgan fingerprint density at radius 3 is 2.55 bits per heavy atom. The van der Waals surface area contributed by atoms with Crippen molar-refractivity contribution in [3.63, 3.8) is 0 Å². The average Bonchev–Trinajstić information content (AvgIpc) is 2.93. The van der Waals surface area contributed by atoms with Gasteiger partial charge >= 0.3 is 0 Å². The van der Waals surface area contributed by atoms with Crippen LogP contribution in [0.15, 0.2) is 21.7 Å². The second kappa shape index (κ2) is 6.01. The molecule has 0 aliphatic heterocycles. The van der Waals surface area contributed by atoms with Gasteiger partial charge in [0.05, 0.1) is 12.3 Å². The molecule has 2 heterocycles. The number of hydrogen-bond donors (Lipinski definition) is 1. The van der Waals surface area contributed by atoms with Crippen LogP contribution >= 0.6 is 11.8 Å². The van der Waals surface area contributed by atoms with E-state index in [-0.39, 0.29) is 5.54 Å². The molecule has 2 aromatic heterocycles. The fourth-order valence-corrected chi connectivity index (χ4v) is 2.45. The highest BCUT2D eigenvalue weighted by Gasteiger charge is 2.11. The zero-order chi connectivity index (χ0) is 14.8. The van der Waals surface area contributed by atoms with E-state index in [1.807, 2.05) is 30.7 Å². The summed E-state index contributed by atoms with van der Waals surface area (Å²) in [5, 5.41) is 12.5. The molecule has 2 rings (SSSR count). The quantitative estimate of drug-likeness (QED) is 0.859. The zero-order valence-corrected chi connectivity index (χ0v) is 13.5. The maximum absolute atomic E-state index is 5.81. The molecule has 0 saturated carbocycles. The second-order valence-corrected chi connectivity index (χ2v) is 6.79. The SMILES string of the molecule is Cc1nnc(SCc2ccc(CNC(C)(C)C)o2)n1C. The van der Waals surface area contributed by atoms with Crippen molar-refractivity contribution >= 4 is 11.8 Å². The van der Waals surface area contributed by atoms with Crippen molar-refractivity contribution in [3.05, 3.63) is 29.5 Å². The van der Waals surface area contributed by atoms with Gasteiger partial charge in [-0.3, -0.25) is 0 Å². The molecule has 0 fully saturated rings. The number of hydrogen-bond acceptors (Lipinski definition) is 5. The van der Waals surface area contributed by atoms with E-state index in [1.54, 1.807) is 11.8 Å². The van der Waals surface area contributed by atoms with Gasteiger partial charge in [0.1, 0.15) is 17.3 Å². The van der Waals surface area contributed by atoms with Crippen LogP contribution in [0.2, 0.25) is 0 Å². The highest BCUT2D eigenvalue weighted by Crippen LogP contribution is 2.22. The Balaban J connectivity index is 1.88. The lowest BCUT2D eigenvalue weighted by molar-refractivity contribution is 0.382. The smallest absolute Gasteiger partial charge is 0.191 e. The largest absolute Gasteiger partial charge is 0.464 e. The van der Waals surface area contributed by atoms with E-state index in [2.05, 4.69) is 36.3 Å². The summed E-state index contributed by atoms with van der Waals surface area (Å²) in [5.74, 6) is 3.61. The normalized spacial score (nSPS) is 12.1. The Morgan fingerprint density at radius 2 is 1.95 bits per heavy atom. The molecule has 20 heavy (non-hydrogen) atoms. The van der Waals surface area contributed by atoms with Crippen LogP contribution < -0.4 is 5.32 Å². The van der Waals surface area contributed by atoms with Crippen molar-refractivity contribution in [1.82, 2.24) is 20.1 Å². The highest BCUT2D eigenvalue weighted by atomic mass is 32.2. The molecule has 0 aliphatic carbocycles. The van der Waals surface area contributed by atoms with Gasteiger partial charge in [0, 0.05) is 12.6 Å². The minimum Gasteiger partial charge on any atom is -0.464 e. The monoisotopic (exact) mass is 294 g/mol. The van der Waals surface area contributed by atoms with E-state index in [0.29, 0.717) is 0 Å². The molecule has 0 amide bonds. The molecular formula is C14H22N4OS. The van der Waals surface area contributed by atoms with E-state index in [1.165, 1.54) is 0 Å². The Bertz CT molecular complexity index is 568. The first-order chi connectivity index (χ1) is 9.35. The van der Waals surface area contributed by atoms with E-state index in [4.69, 9.17) is 4.42 Å². The molecule has 5 nitrogen and oxygen atoms in total. The number of furan rings is 1. The van der Waals surface area contributed by atoms with E-state index in [9.17, 15) is 0 Å². The van der Waals surface area contributed by atoms with Gasteiger partial charge in [0.2, 0.25) is 0 Å². The molecule has 0 bridgehead atoms. The number of nitrogens with zero attached hydrogens (tertiary/aromatic N) is 3. The Kier molecular flexibility index (Phi) is 4.55. The third-order valence-corrected chi connectivity index (χ3v) is 3.95. The minimum absolute atomic E-state index is 0.0951. The number of rotatable bonds is 5. The lowest BCUT2D eigenvalue weighted by atomic mass is 10.1. The van der Waals surface area contributed by atoms with Crippen LogP contribution in [-0.2, 0) is 19.3 Å². The fourth-order valence-electron chi connectivity index (χ4n) is 1.60. The van der Waals surface area contributed by atoms with Crippen molar-refractivity contribution in [2.45, 2.75) is 50.7 Å². The van der Waals surface area contributed by atoms with Crippen molar-refractivity contribution in [3.8, 4) is 0 Å². The molecule has 0 saturated heterocycles. The van der Waals surface area contributed by atoms with Crippen molar-refractivity contribution in [2.75, 3.05) is 0 Å². The molecule has 6 heteroatoms. The number of aromatic nitrogens is 3.